The molecule has 0 saturated carbocycles. The summed E-state index contributed by atoms with van der Waals surface area (Å²) in [6.45, 7) is 0.153. The van der Waals surface area contributed by atoms with Gasteiger partial charge in [0, 0.05) is 6.20 Å². The van der Waals surface area contributed by atoms with Crippen LogP contribution in [0.25, 0.3) is 11.4 Å². The van der Waals surface area contributed by atoms with Gasteiger partial charge in [-0.25, -0.2) is 9.48 Å². The lowest BCUT2D eigenvalue weighted by Crippen LogP contribution is -2.08. The molecular weight excluding hydrogens is 276 g/mol. The fraction of sp³-hybridized carbons (Fsp3) is 0.182. The Bertz CT molecular complexity index is 779. The number of tetrazole rings is 1. The molecule has 3 aromatic rings. The van der Waals surface area contributed by atoms with Crippen molar-refractivity contribution in [2.24, 2.45) is 7.05 Å². The zero-order chi connectivity index (χ0) is 14.8. The lowest BCUT2D eigenvalue weighted by atomic mass is 10.2. The van der Waals surface area contributed by atoms with Crippen LogP contribution in [0.3, 0.4) is 0 Å². The van der Waals surface area contributed by atoms with Crippen molar-refractivity contribution in [3.63, 3.8) is 0 Å². The summed E-state index contributed by atoms with van der Waals surface area (Å²) in [6, 6.07) is 5.18. The van der Waals surface area contributed by atoms with Crippen molar-refractivity contribution in [1.82, 2.24) is 40.2 Å². The summed E-state index contributed by atoms with van der Waals surface area (Å²) in [4.78, 5) is 16.7. The summed E-state index contributed by atoms with van der Waals surface area (Å²) in [5.41, 5.74) is 0.594. The maximum absolute atomic E-state index is 11.3. The Hall–Kier alpha value is -3.17. The van der Waals surface area contributed by atoms with Crippen LogP contribution < -0.4 is 0 Å². The lowest BCUT2D eigenvalue weighted by Gasteiger charge is -2.03. The zero-order valence-electron chi connectivity index (χ0n) is 10.9. The highest BCUT2D eigenvalue weighted by Crippen LogP contribution is 2.20. The Morgan fingerprint density at radius 2 is 2.14 bits per heavy atom. The molecule has 0 saturated heterocycles. The van der Waals surface area contributed by atoms with Gasteiger partial charge in [-0.2, -0.15) is 4.80 Å². The summed E-state index contributed by atoms with van der Waals surface area (Å²) < 4.78 is 1.39. The molecule has 3 heterocycles. The van der Waals surface area contributed by atoms with Gasteiger partial charge >= 0.3 is 5.97 Å². The SMILES string of the molecule is Cn1nnc(Cn2nnc(C(=O)O)c2-c2ccccn2)n1. The lowest BCUT2D eigenvalue weighted by molar-refractivity contribution is 0.0691. The monoisotopic (exact) mass is 286 g/mol. The predicted molar refractivity (Wildman–Crippen MR) is 68.1 cm³/mol. The molecule has 0 bridgehead atoms. The average molecular weight is 286 g/mol. The molecule has 106 valence electrons. The number of aromatic carboxylic acids is 1. The van der Waals surface area contributed by atoms with Crippen LogP contribution in [0.4, 0.5) is 0 Å². The molecule has 0 amide bonds. The van der Waals surface area contributed by atoms with Gasteiger partial charge < -0.3 is 5.11 Å². The first-order valence-electron chi connectivity index (χ1n) is 5.96. The van der Waals surface area contributed by atoms with Gasteiger partial charge in [0.1, 0.15) is 12.2 Å². The van der Waals surface area contributed by atoms with Crippen LogP contribution in [0.1, 0.15) is 16.3 Å². The summed E-state index contributed by atoms with van der Waals surface area (Å²) >= 11 is 0. The molecule has 21 heavy (non-hydrogen) atoms. The summed E-state index contributed by atoms with van der Waals surface area (Å²) in [6.07, 6.45) is 1.57. The highest BCUT2D eigenvalue weighted by atomic mass is 16.4. The third-order valence-electron chi connectivity index (χ3n) is 2.69. The molecule has 0 aliphatic heterocycles. The van der Waals surface area contributed by atoms with E-state index in [2.05, 4.69) is 30.7 Å². The molecule has 3 rings (SSSR count). The Balaban J connectivity index is 2.07. The van der Waals surface area contributed by atoms with Crippen molar-refractivity contribution in [3.05, 3.63) is 35.9 Å². The average Bonchev–Trinajstić information content (AvgIpc) is 3.07. The van der Waals surface area contributed by atoms with E-state index in [1.165, 1.54) is 9.48 Å². The number of carboxylic acids is 1. The molecule has 0 unspecified atom stereocenters. The Morgan fingerprint density at radius 3 is 2.76 bits per heavy atom. The van der Waals surface area contributed by atoms with Crippen LogP contribution in [-0.4, -0.2) is 51.3 Å². The largest absolute Gasteiger partial charge is 0.476 e. The van der Waals surface area contributed by atoms with E-state index < -0.39 is 5.97 Å². The maximum atomic E-state index is 11.3. The maximum Gasteiger partial charge on any atom is 0.358 e. The van der Waals surface area contributed by atoms with Crippen LogP contribution in [0.5, 0.6) is 0 Å². The van der Waals surface area contributed by atoms with E-state index in [-0.39, 0.29) is 12.2 Å². The number of hydrogen-bond donors (Lipinski definition) is 1. The number of aromatic nitrogens is 8. The summed E-state index contributed by atoms with van der Waals surface area (Å²) in [7, 11) is 1.64. The van der Waals surface area contributed by atoms with Gasteiger partial charge in [-0.15, -0.1) is 15.3 Å². The zero-order valence-corrected chi connectivity index (χ0v) is 10.9. The van der Waals surface area contributed by atoms with Crippen LogP contribution in [-0.2, 0) is 13.6 Å². The van der Waals surface area contributed by atoms with Crippen LogP contribution in [0, 0.1) is 0 Å². The Morgan fingerprint density at radius 1 is 1.29 bits per heavy atom. The van der Waals surface area contributed by atoms with Crippen molar-refractivity contribution in [3.8, 4) is 11.4 Å². The standard InChI is InChI=1S/C11H10N8O2/c1-18-15-8(13-16-18)6-19-10(7-4-2-3-5-12-7)9(11(20)21)14-17-19/h2-5H,6H2,1H3,(H,20,21). The molecule has 1 N–H and O–H groups in total. The molecule has 0 aromatic carbocycles. The van der Waals surface area contributed by atoms with Crippen molar-refractivity contribution in [2.45, 2.75) is 6.54 Å². The minimum atomic E-state index is -1.17. The smallest absolute Gasteiger partial charge is 0.358 e. The fourth-order valence-electron chi connectivity index (χ4n) is 1.84. The van der Waals surface area contributed by atoms with Crippen molar-refractivity contribution >= 4 is 5.97 Å². The van der Waals surface area contributed by atoms with Gasteiger partial charge in [0.05, 0.1) is 12.7 Å². The molecule has 0 aliphatic rings. The first kappa shape index (κ1) is 12.8. The van der Waals surface area contributed by atoms with Gasteiger partial charge in [-0.1, -0.05) is 11.3 Å². The van der Waals surface area contributed by atoms with E-state index in [1.807, 2.05) is 0 Å². The summed E-state index contributed by atoms with van der Waals surface area (Å²) in [5.74, 6) is -0.773. The summed E-state index contributed by atoms with van der Waals surface area (Å²) in [5, 5.41) is 28.3. The first-order valence-corrected chi connectivity index (χ1v) is 5.96. The van der Waals surface area contributed by atoms with E-state index in [9.17, 15) is 9.90 Å². The second-order valence-corrected chi connectivity index (χ2v) is 4.16. The van der Waals surface area contributed by atoms with Gasteiger partial charge in [0.2, 0.25) is 0 Å². The Labute approximate surface area is 118 Å². The second-order valence-electron chi connectivity index (χ2n) is 4.16. The third kappa shape index (κ3) is 2.45. The van der Waals surface area contributed by atoms with E-state index in [1.54, 1.807) is 31.4 Å². The number of carbonyl (C=O) groups is 1. The fourth-order valence-corrected chi connectivity index (χ4v) is 1.84. The number of rotatable bonds is 4. The molecule has 0 fully saturated rings. The molecule has 0 spiro atoms. The minimum absolute atomic E-state index is 0.153. The van der Waals surface area contributed by atoms with E-state index in [0.717, 1.165) is 0 Å². The number of nitrogens with zero attached hydrogens (tertiary/aromatic N) is 8. The van der Waals surface area contributed by atoms with Crippen molar-refractivity contribution < 1.29 is 9.90 Å². The minimum Gasteiger partial charge on any atom is -0.476 e. The first-order chi connectivity index (χ1) is 10.1. The number of aryl methyl sites for hydroxylation is 1. The van der Waals surface area contributed by atoms with E-state index in [0.29, 0.717) is 17.2 Å². The molecule has 3 aromatic heterocycles. The van der Waals surface area contributed by atoms with E-state index in [4.69, 9.17) is 0 Å². The second kappa shape index (κ2) is 5.07. The van der Waals surface area contributed by atoms with E-state index >= 15 is 0 Å². The third-order valence-corrected chi connectivity index (χ3v) is 2.69. The molecule has 0 atom stereocenters. The highest BCUT2D eigenvalue weighted by Gasteiger charge is 2.22. The topological polar surface area (TPSA) is 125 Å². The van der Waals surface area contributed by atoms with Crippen LogP contribution in [0.15, 0.2) is 24.4 Å². The van der Waals surface area contributed by atoms with Gasteiger partial charge in [-0.05, 0) is 17.3 Å². The van der Waals surface area contributed by atoms with Crippen molar-refractivity contribution in [1.29, 1.82) is 0 Å². The number of pyridine rings is 1. The van der Waals surface area contributed by atoms with Crippen LogP contribution >= 0.6 is 0 Å². The highest BCUT2D eigenvalue weighted by molar-refractivity contribution is 5.92. The molecule has 10 nitrogen and oxygen atoms in total. The number of hydrogen-bond acceptors (Lipinski definition) is 7. The molecule has 10 heteroatoms. The molecule has 0 aliphatic carbocycles. The molecular formula is C11H10N8O2. The van der Waals surface area contributed by atoms with Gasteiger partial charge in [-0.3, -0.25) is 4.98 Å². The van der Waals surface area contributed by atoms with Crippen LogP contribution in [0.2, 0.25) is 0 Å². The predicted octanol–water partition coefficient (Wildman–Crippen LogP) is -0.390. The quantitative estimate of drug-likeness (QED) is 0.687. The number of carboxylic acid groups (broad SMARTS) is 1. The Kier molecular flexibility index (Phi) is 3.10. The van der Waals surface area contributed by atoms with Crippen molar-refractivity contribution in [2.75, 3.05) is 0 Å². The normalized spacial score (nSPS) is 10.7. The van der Waals surface area contributed by atoms with Gasteiger partial charge in [0.15, 0.2) is 11.5 Å². The van der Waals surface area contributed by atoms with Gasteiger partial charge in [0.25, 0.3) is 0 Å². The molecule has 0 radical (unpaired) electrons.